The molecule has 2 rings (SSSR count). The first kappa shape index (κ1) is 15.9. The van der Waals surface area contributed by atoms with E-state index in [2.05, 4.69) is 0 Å². The Morgan fingerprint density at radius 1 is 1.24 bits per heavy atom. The van der Waals surface area contributed by atoms with Crippen LogP contribution in [0, 0.1) is 11.7 Å². The number of hydrogen-bond acceptors (Lipinski definition) is 3. The molecule has 116 valence electrons. The van der Waals surface area contributed by atoms with E-state index >= 15 is 0 Å². The molecule has 1 aromatic rings. The number of carboxylic acids is 1. The Labute approximate surface area is 123 Å². The molecule has 0 amide bonds. The SMILES string of the molecule is O=C(O)CC1CCN(S(=O)(=O)Cc2ccc(F)cc2)CC1. The summed E-state index contributed by atoms with van der Waals surface area (Å²) in [6.07, 6.45) is 1.22. The summed E-state index contributed by atoms with van der Waals surface area (Å²) in [7, 11) is -3.44. The average molecular weight is 315 g/mol. The second-order valence-corrected chi connectivity index (χ2v) is 7.29. The lowest BCUT2D eigenvalue weighted by molar-refractivity contribution is -0.138. The van der Waals surface area contributed by atoms with Gasteiger partial charge in [-0.3, -0.25) is 4.79 Å². The lowest BCUT2D eigenvalue weighted by atomic mass is 9.95. The summed E-state index contributed by atoms with van der Waals surface area (Å²) in [5.41, 5.74) is 0.545. The van der Waals surface area contributed by atoms with Crippen molar-refractivity contribution in [2.24, 2.45) is 5.92 Å². The lowest BCUT2D eigenvalue weighted by Gasteiger charge is -2.30. The van der Waals surface area contributed by atoms with Gasteiger partial charge < -0.3 is 5.11 Å². The maximum atomic E-state index is 12.8. The van der Waals surface area contributed by atoms with Crippen molar-refractivity contribution < 1.29 is 22.7 Å². The monoisotopic (exact) mass is 315 g/mol. The predicted molar refractivity (Wildman–Crippen MR) is 75.6 cm³/mol. The second kappa shape index (κ2) is 6.53. The maximum Gasteiger partial charge on any atom is 0.303 e. The highest BCUT2D eigenvalue weighted by Gasteiger charge is 2.28. The molecule has 1 aliphatic heterocycles. The van der Waals surface area contributed by atoms with Crippen LogP contribution in [0.3, 0.4) is 0 Å². The van der Waals surface area contributed by atoms with Gasteiger partial charge in [-0.1, -0.05) is 12.1 Å². The summed E-state index contributed by atoms with van der Waals surface area (Å²) in [5.74, 6) is -1.36. The fraction of sp³-hybridized carbons (Fsp3) is 0.500. The Hall–Kier alpha value is -1.47. The molecule has 21 heavy (non-hydrogen) atoms. The Morgan fingerprint density at radius 2 is 1.81 bits per heavy atom. The van der Waals surface area contributed by atoms with Gasteiger partial charge in [-0.05, 0) is 36.5 Å². The van der Waals surface area contributed by atoms with Crippen LogP contribution < -0.4 is 0 Å². The zero-order valence-corrected chi connectivity index (χ0v) is 12.4. The molecule has 1 heterocycles. The fourth-order valence-electron chi connectivity index (χ4n) is 2.52. The molecule has 0 radical (unpaired) electrons. The lowest BCUT2D eigenvalue weighted by Crippen LogP contribution is -2.39. The van der Waals surface area contributed by atoms with Crippen molar-refractivity contribution in [3.05, 3.63) is 35.6 Å². The number of rotatable bonds is 5. The minimum atomic E-state index is -3.44. The van der Waals surface area contributed by atoms with Crippen molar-refractivity contribution in [2.75, 3.05) is 13.1 Å². The Morgan fingerprint density at radius 3 is 2.33 bits per heavy atom. The van der Waals surface area contributed by atoms with E-state index in [9.17, 15) is 17.6 Å². The summed E-state index contributed by atoms with van der Waals surface area (Å²) >= 11 is 0. The van der Waals surface area contributed by atoms with Gasteiger partial charge in [0.25, 0.3) is 0 Å². The summed E-state index contributed by atoms with van der Waals surface area (Å²) in [4.78, 5) is 10.7. The summed E-state index contributed by atoms with van der Waals surface area (Å²) < 4.78 is 38.8. The highest BCUT2D eigenvalue weighted by Crippen LogP contribution is 2.23. The zero-order chi connectivity index (χ0) is 15.5. The first-order valence-corrected chi connectivity index (χ1v) is 8.42. The van der Waals surface area contributed by atoms with Gasteiger partial charge in [0, 0.05) is 19.5 Å². The number of nitrogens with zero attached hydrogens (tertiary/aromatic N) is 1. The number of carboxylic acid groups (broad SMARTS) is 1. The van der Waals surface area contributed by atoms with Gasteiger partial charge in [-0.25, -0.2) is 17.1 Å². The Balaban J connectivity index is 1.95. The molecule has 1 saturated heterocycles. The van der Waals surface area contributed by atoms with Gasteiger partial charge in [0.15, 0.2) is 0 Å². The van der Waals surface area contributed by atoms with Gasteiger partial charge in [0.2, 0.25) is 10.0 Å². The molecule has 1 fully saturated rings. The van der Waals surface area contributed by atoms with E-state index in [1.54, 1.807) is 0 Å². The predicted octanol–water partition coefficient (Wildman–Crippen LogP) is 1.84. The number of piperidine rings is 1. The molecule has 0 spiro atoms. The molecule has 1 aromatic carbocycles. The third-order valence-electron chi connectivity index (χ3n) is 3.69. The molecule has 0 aromatic heterocycles. The third-order valence-corrected chi connectivity index (χ3v) is 5.54. The molecule has 7 heteroatoms. The highest BCUT2D eigenvalue weighted by atomic mass is 32.2. The van der Waals surface area contributed by atoms with Crippen LogP contribution in [0.25, 0.3) is 0 Å². The van der Waals surface area contributed by atoms with E-state index in [0.717, 1.165) is 0 Å². The molecule has 0 bridgehead atoms. The van der Waals surface area contributed by atoms with E-state index < -0.39 is 21.8 Å². The van der Waals surface area contributed by atoms with Crippen molar-refractivity contribution >= 4 is 16.0 Å². The van der Waals surface area contributed by atoms with Crippen molar-refractivity contribution in [1.82, 2.24) is 4.31 Å². The summed E-state index contributed by atoms with van der Waals surface area (Å²) in [5, 5.41) is 8.75. The van der Waals surface area contributed by atoms with Crippen molar-refractivity contribution in [3.8, 4) is 0 Å². The van der Waals surface area contributed by atoms with Crippen LogP contribution in [0.1, 0.15) is 24.8 Å². The number of aliphatic carboxylic acids is 1. The topological polar surface area (TPSA) is 74.7 Å². The van der Waals surface area contributed by atoms with Gasteiger partial charge in [0.05, 0.1) is 5.75 Å². The standard InChI is InChI=1S/C14H18FNO4S/c15-13-3-1-12(2-4-13)10-21(19,20)16-7-5-11(6-8-16)9-14(17)18/h1-4,11H,5-10H2,(H,17,18). The van der Waals surface area contributed by atoms with Crippen molar-refractivity contribution in [3.63, 3.8) is 0 Å². The minimum Gasteiger partial charge on any atom is -0.481 e. The van der Waals surface area contributed by atoms with Crippen LogP contribution >= 0.6 is 0 Å². The maximum absolute atomic E-state index is 12.8. The largest absolute Gasteiger partial charge is 0.481 e. The molecule has 0 unspecified atom stereocenters. The van der Waals surface area contributed by atoms with E-state index in [0.29, 0.717) is 31.5 Å². The molecule has 0 atom stereocenters. The van der Waals surface area contributed by atoms with Crippen LogP contribution in [0.2, 0.25) is 0 Å². The quantitative estimate of drug-likeness (QED) is 0.899. The fourth-order valence-corrected chi connectivity index (χ4v) is 4.08. The van der Waals surface area contributed by atoms with E-state index in [4.69, 9.17) is 5.11 Å². The molecule has 5 nitrogen and oxygen atoms in total. The minimum absolute atomic E-state index is 0.0415. The van der Waals surface area contributed by atoms with E-state index in [-0.39, 0.29) is 18.1 Å². The van der Waals surface area contributed by atoms with Crippen LogP contribution in [0.15, 0.2) is 24.3 Å². The molecule has 0 saturated carbocycles. The van der Waals surface area contributed by atoms with Gasteiger partial charge in [0.1, 0.15) is 5.82 Å². The first-order chi connectivity index (χ1) is 9.87. The summed E-state index contributed by atoms with van der Waals surface area (Å²) in [6, 6.07) is 5.40. The van der Waals surface area contributed by atoms with Crippen molar-refractivity contribution in [1.29, 1.82) is 0 Å². The zero-order valence-electron chi connectivity index (χ0n) is 11.5. The van der Waals surface area contributed by atoms with Gasteiger partial charge >= 0.3 is 5.97 Å². The van der Waals surface area contributed by atoms with Gasteiger partial charge in [-0.2, -0.15) is 0 Å². The van der Waals surface area contributed by atoms with E-state index in [1.165, 1.54) is 28.6 Å². The van der Waals surface area contributed by atoms with Crippen molar-refractivity contribution in [2.45, 2.75) is 25.0 Å². The highest BCUT2D eigenvalue weighted by molar-refractivity contribution is 7.88. The third kappa shape index (κ3) is 4.50. The number of sulfonamides is 1. The number of halogens is 1. The smallest absolute Gasteiger partial charge is 0.303 e. The normalized spacial score (nSPS) is 17.8. The van der Waals surface area contributed by atoms with Crippen LogP contribution in [0.5, 0.6) is 0 Å². The first-order valence-electron chi connectivity index (χ1n) is 6.81. The molecular formula is C14H18FNO4S. The van der Waals surface area contributed by atoms with Crippen LogP contribution in [-0.4, -0.2) is 36.9 Å². The molecule has 1 N–H and O–H groups in total. The second-order valence-electron chi connectivity index (χ2n) is 5.32. The Kier molecular flexibility index (Phi) is 4.95. The van der Waals surface area contributed by atoms with Crippen LogP contribution in [-0.2, 0) is 20.6 Å². The molecule has 1 aliphatic rings. The molecular weight excluding hydrogens is 297 g/mol. The number of hydrogen-bond donors (Lipinski definition) is 1. The number of benzene rings is 1. The average Bonchev–Trinajstić information content (AvgIpc) is 2.41. The van der Waals surface area contributed by atoms with Gasteiger partial charge in [-0.15, -0.1) is 0 Å². The van der Waals surface area contributed by atoms with E-state index in [1.807, 2.05) is 0 Å². The number of carbonyl (C=O) groups is 1. The summed E-state index contributed by atoms with van der Waals surface area (Å²) in [6.45, 7) is 0.697. The molecule has 0 aliphatic carbocycles. The van der Waals surface area contributed by atoms with Crippen LogP contribution in [0.4, 0.5) is 4.39 Å². The Bertz CT molecular complexity index is 592.